The fourth-order valence-corrected chi connectivity index (χ4v) is 3.10. The Morgan fingerprint density at radius 2 is 2.00 bits per heavy atom. The van der Waals surface area contributed by atoms with Crippen LogP contribution < -0.4 is 5.32 Å². The van der Waals surface area contributed by atoms with Crippen LogP contribution in [0.15, 0.2) is 59.3 Å². The van der Waals surface area contributed by atoms with E-state index in [0.29, 0.717) is 5.02 Å². The summed E-state index contributed by atoms with van der Waals surface area (Å²) in [5, 5.41) is 4.16. The van der Waals surface area contributed by atoms with E-state index < -0.39 is 0 Å². The van der Waals surface area contributed by atoms with Crippen LogP contribution in [-0.4, -0.2) is 48.9 Å². The van der Waals surface area contributed by atoms with Crippen LogP contribution in [0.2, 0.25) is 5.02 Å². The lowest BCUT2D eigenvalue weighted by Crippen LogP contribution is -2.47. The predicted molar refractivity (Wildman–Crippen MR) is 103 cm³/mol. The molecule has 0 spiro atoms. The van der Waals surface area contributed by atoms with Crippen molar-refractivity contribution in [3.8, 4) is 0 Å². The van der Waals surface area contributed by atoms with Gasteiger partial charge in [-0.2, -0.15) is 0 Å². The van der Waals surface area contributed by atoms with E-state index in [1.807, 2.05) is 24.3 Å². The van der Waals surface area contributed by atoms with Gasteiger partial charge in [-0.05, 0) is 38.2 Å². The molecule has 4 nitrogen and oxygen atoms in total. The first kappa shape index (κ1) is 16.8. The van der Waals surface area contributed by atoms with Crippen LogP contribution in [0.25, 0.3) is 0 Å². The highest BCUT2D eigenvalue weighted by atomic mass is 35.5. The molecule has 24 heavy (non-hydrogen) atoms. The second kappa shape index (κ2) is 7.24. The topological polar surface area (TPSA) is 30.9 Å². The minimum atomic E-state index is 0.694. The number of fused-ring (bicyclic) bond motifs is 1. The van der Waals surface area contributed by atoms with E-state index >= 15 is 0 Å². The summed E-state index contributed by atoms with van der Waals surface area (Å²) in [5.74, 6) is 0.993. The van der Waals surface area contributed by atoms with Crippen molar-refractivity contribution in [1.29, 1.82) is 0 Å². The lowest BCUT2D eigenvalue weighted by molar-refractivity contribution is 0.215. The number of allylic oxidation sites excluding steroid dienone is 3. The van der Waals surface area contributed by atoms with Crippen molar-refractivity contribution in [2.45, 2.75) is 6.92 Å². The number of nitrogens with zero attached hydrogens (tertiary/aromatic N) is 3. The van der Waals surface area contributed by atoms with Crippen LogP contribution >= 0.6 is 11.6 Å². The molecule has 2 aliphatic heterocycles. The van der Waals surface area contributed by atoms with Crippen molar-refractivity contribution < 1.29 is 0 Å². The van der Waals surface area contributed by atoms with E-state index in [2.05, 4.69) is 41.7 Å². The fourth-order valence-electron chi connectivity index (χ4n) is 2.94. The first-order valence-electron chi connectivity index (χ1n) is 8.17. The molecule has 0 saturated carbocycles. The minimum absolute atomic E-state index is 0.694. The van der Waals surface area contributed by atoms with Crippen LogP contribution in [0, 0.1) is 0 Å². The molecule has 126 valence electrons. The standard InChI is InChI=1S/C19H23ClN4/c1-4-5-6-16-14(2)21-17-8-7-15(20)13-18(17)22-19(16)24-11-9-23(3)10-12-24/h4-8,13,21H,1,9-12H2,2-3H3/b6-5-. The molecular formula is C19H23ClN4. The Balaban J connectivity index is 2.07. The van der Waals surface area contributed by atoms with Crippen molar-refractivity contribution in [1.82, 2.24) is 9.80 Å². The molecule has 0 aliphatic carbocycles. The Labute approximate surface area is 148 Å². The number of aliphatic imine (C=N–C) groups is 1. The number of hydrogen-bond donors (Lipinski definition) is 1. The van der Waals surface area contributed by atoms with Crippen molar-refractivity contribution in [3.63, 3.8) is 0 Å². The average molecular weight is 343 g/mol. The molecule has 1 saturated heterocycles. The lowest BCUT2D eigenvalue weighted by Gasteiger charge is -2.35. The molecule has 0 amide bonds. The fraction of sp³-hybridized carbons (Fsp3) is 0.316. The molecule has 0 atom stereocenters. The van der Waals surface area contributed by atoms with Crippen molar-refractivity contribution >= 4 is 28.8 Å². The maximum Gasteiger partial charge on any atom is 0.138 e. The molecule has 1 fully saturated rings. The second-order valence-electron chi connectivity index (χ2n) is 6.15. The summed E-state index contributed by atoms with van der Waals surface area (Å²) < 4.78 is 0. The molecule has 2 heterocycles. The number of piperazine rings is 1. The van der Waals surface area contributed by atoms with Gasteiger partial charge in [-0.3, -0.25) is 0 Å². The van der Waals surface area contributed by atoms with Crippen LogP contribution in [0.5, 0.6) is 0 Å². The lowest BCUT2D eigenvalue weighted by atomic mass is 10.1. The first-order chi connectivity index (χ1) is 11.6. The number of hydrogen-bond acceptors (Lipinski definition) is 4. The zero-order chi connectivity index (χ0) is 17.1. The van der Waals surface area contributed by atoms with Gasteiger partial charge in [0.05, 0.1) is 11.4 Å². The van der Waals surface area contributed by atoms with Gasteiger partial charge in [0, 0.05) is 42.5 Å². The van der Waals surface area contributed by atoms with Crippen LogP contribution in [0.3, 0.4) is 0 Å². The second-order valence-corrected chi connectivity index (χ2v) is 6.58. The molecule has 0 unspecified atom stereocenters. The molecule has 2 aliphatic rings. The Morgan fingerprint density at radius 1 is 1.25 bits per heavy atom. The van der Waals surface area contributed by atoms with Gasteiger partial charge in [-0.1, -0.05) is 30.3 Å². The molecule has 1 N–H and O–H groups in total. The monoisotopic (exact) mass is 342 g/mol. The third-order valence-corrected chi connectivity index (χ3v) is 4.59. The van der Waals surface area contributed by atoms with Gasteiger partial charge in [0.1, 0.15) is 5.84 Å². The molecule has 5 heteroatoms. The summed E-state index contributed by atoms with van der Waals surface area (Å²) in [7, 11) is 2.16. The summed E-state index contributed by atoms with van der Waals surface area (Å²) in [6.07, 6.45) is 5.81. The van der Waals surface area contributed by atoms with Gasteiger partial charge in [0.2, 0.25) is 0 Å². The molecule has 3 rings (SSSR count). The Hall–Kier alpha value is -2.04. The van der Waals surface area contributed by atoms with Gasteiger partial charge in [-0.25, -0.2) is 4.99 Å². The smallest absolute Gasteiger partial charge is 0.138 e. The van der Waals surface area contributed by atoms with Gasteiger partial charge >= 0.3 is 0 Å². The number of halogens is 1. The summed E-state index contributed by atoms with van der Waals surface area (Å²) >= 11 is 6.18. The summed E-state index contributed by atoms with van der Waals surface area (Å²) in [6, 6.07) is 5.77. The summed E-state index contributed by atoms with van der Waals surface area (Å²) in [4.78, 5) is 9.66. The molecule has 0 radical (unpaired) electrons. The first-order valence-corrected chi connectivity index (χ1v) is 8.55. The van der Waals surface area contributed by atoms with E-state index in [0.717, 1.165) is 54.7 Å². The van der Waals surface area contributed by atoms with Gasteiger partial charge < -0.3 is 15.1 Å². The maximum atomic E-state index is 6.18. The number of benzene rings is 1. The van der Waals surface area contributed by atoms with E-state index in [9.17, 15) is 0 Å². The Kier molecular flexibility index (Phi) is 5.07. The molecule has 1 aromatic carbocycles. The number of amidine groups is 1. The zero-order valence-electron chi connectivity index (χ0n) is 14.2. The summed E-state index contributed by atoms with van der Waals surface area (Å²) in [5.41, 5.74) is 4.02. The third-order valence-electron chi connectivity index (χ3n) is 4.35. The normalized spacial score (nSPS) is 19.0. The molecule has 0 bridgehead atoms. The maximum absolute atomic E-state index is 6.18. The number of nitrogens with one attached hydrogen (secondary N) is 1. The molecule has 1 aromatic rings. The van der Waals surface area contributed by atoms with Crippen LogP contribution in [-0.2, 0) is 0 Å². The molecular weight excluding hydrogens is 320 g/mol. The number of anilines is 1. The Bertz CT molecular complexity index is 725. The SMILES string of the molecule is C=C/C=C\C1=C(C)Nc2ccc(Cl)cc2N=C1N1CCN(C)CC1. The van der Waals surface area contributed by atoms with Crippen LogP contribution in [0.1, 0.15) is 6.92 Å². The third kappa shape index (κ3) is 3.55. The van der Waals surface area contributed by atoms with Crippen molar-refractivity contribution in [3.05, 3.63) is 59.3 Å². The molecule has 0 aromatic heterocycles. The van der Waals surface area contributed by atoms with E-state index in [1.54, 1.807) is 6.08 Å². The highest BCUT2D eigenvalue weighted by Crippen LogP contribution is 2.34. The van der Waals surface area contributed by atoms with E-state index in [4.69, 9.17) is 16.6 Å². The highest BCUT2D eigenvalue weighted by molar-refractivity contribution is 6.31. The van der Waals surface area contributed by atoms with Crippen molar-refractivity contribution in [2.24, 2.45) is 4.99 Å². The van der Waals surface area contributed by atoms with Gasteiger partial charge in [0.25, 0.3) is 0 Å². The summed E-state index contributed by atoms with van der Waals surface area (Å²) in [6.45, 7) is 9.86. The highest BCUT2D eigenvalue weighted by Gasteiger charge is 2.23. The van der Waals surface area contributed by atoms with Crippen molar-refractivity contribution in [2.75, 3.05) is 38.5 Å². The van der Waals surface area contributed by atoms with E-state index in [1.165, 1.54) is 0 Å². The quantitative estimate of drug-likeness (QED) is 0.822. The minimum Gasteiger partial charge on any atom is -0.357 e. The average Bonchev–Trinajstić information content (AvgIpc) is 2.70. The van der Waals surface area contributed by atoms with Gasteiger partial charge in [0.15, 0.2) is 0 Å². The van der Waals surface area contributed by atoms with Gasteiger partial charge in [-0.15, -0.1) is 0 Å². The number of likely N-dealkylation sites (N-methyl/N-ethyl adjacent to an activating group) is 1. The number of rotatable bonds is 2. The van der Waals surface area contributed by atoms with E-state index in [-0.39, 0.29) is 0 Å². The zero-order valence-corrected chi connectivity index (χ0v) is 15.0. The Morgan fingerprint density at radius 3 is 2.71 bits per heavy atom. The largest absolute Gasteiger partial charge is 0.357 e. The van der Waals surface area contributed by atoms with Crippen LogP contribution in [0.4, 0.5) is 11.4 Å². The predicted octanol–water partition coefficient (Wildman–Crippen LogP) is 4.06.